The molecule has 0 unspecified atom stereocenters. The van der Waals surface area contributed by atoms with Gasteiger partial charge in [-0.2, -0.15) is 0 Å². The first kappa shape index (κ1) is 33.7. The van der Waals surface area contributed by atoms with Gasteiger partial charge in [-0.05, 0) is 127 Å². The average molecular weight is 632 g/mol. The molecule has 0 aliphatic heterocycles. The molecular formula is C36H57NO6S. The van der Waals surface area contributed by atoms with E-state index in [0.29, 0.717) is 41.9 Å². The molecule has 0 spiro atoms. The van der Waals surface area contributed by atoms with Crippen LogP contribution >= 0.6 is 0 Å². The lowest BCUT2D eigenvalue weighted by Crippen LogP contribution is -2.62. The van der Waals surface area contributed by atoms with Crippen LogP contribution in [0, 0.1) is 52.3 Å². The Morgan fingerprint density at radius 3 is 2.41 bits per heavy atom. The molecule has 4 aliphatic carbocycles. The number of rotatable bonds is 7. The molecule has 0 radical (unpaired) electrons. The van der Waals surface area contributed by atoms with E-state index in [0.717, 1.165) is 56.9 Å². The second-order valence-electron chi connectivity index (χ2n) is 16.4. The Bertz CT molecular complexity index is 1310. The molecule has 248 valence electrons. The highest BCUT2D eigenvalue weighted by Crippen LogP contribution is 2.69. The quantitative estimate of drug-likeness (QED) is 0.297. The predicted octanol–water partition coefficient (Wildman–Crippen LogP) is 7.05. The van der Waals surface area contributed by atoms with Gasteiger partial charge in [0.05, 0.1) is 23.7 Å². The predicted molar refractivity (Wildman–Crippen MR) is 172 cm³/mol. The highest BCUT2D eigenvalue weighted by molar-refractivity contribution is 7.90. The number of hydrogen-bond acceptors (Lipinski definition) is 6. The fourth-order valence-electron chi connectivity index (χ4n) is 10.8. The third kappa shape index (κ3) is 5.97. The fraction of sp³-hybridized carbons (Fsp3) is 0.806. The van der Waals surface area contributed by atoms with E-state index < -0.39 is 16.1 Å². The van der Waals surface area contributed by atoms with E-state index in [2.05, 4.69) is 32.4 Å². The Kier molecular flexibility index (Phi) is 9.34. The summed E-state index contributed by atoms with van der Waals surface area (Å²) in [4.78, 5) is 12.6. The van der Waals surface area contributed by atoms with Gasteiger partial charge in [0.2, 0.25) is 0 Å². The van der Waals surface area contributed by atoms with E-state index in [9.17, 15) is 23.4 Å². The summed E-state index contributed by atoms with van der Waals surface area (Å²) < 4.78 is 33.3. The van der Waals surface area contributed by atoms with Crippen molar-refractivity contribution in [2.45, 2.75) is 129 Å². The molecule has 44 heavy (non-hydrogen) atoms. The Labute approximate surface area is 266 Å². The zero-order valence-corrected chi connectivity index (χ0v) is 28.8. The first-order valence-corrected chi connectivity index (χ1v) is 18.7. The van der Waals surface area contributed by atoms with Crippen LogP contribution in [0.5, 0.6) is 0 Å². The molecule has 4 aliphatic rings. The highest BCUT2D eigenvalue weighted by Gasteiger charge is 2.64. The number of sulfonamides is 1. The van der Waals surface area contributed by atoms with Gasteiger partial charge >= 0.3 is 6.09 Å². The molecule has 4 fully saturated rings. The van der Waals surface area contributed by atoms with Crippen molar-refractivity contribution in [2.24, 2.45) is 52.3 Å². The van der Waals surface area contributed by atoms with Gasteiger partial charge in [0.1, 0.15) is 0 Å². The molecular weight excluding hydrogens is 574 g/mol. The maximum Gasteiger partial charge on any atom is 0.421 e. The van der Waals surface area contributed by atoms with Gasteiger partial charge in [-0.1, -0.05) is 67.0 Å². The van der Waals surface area contributed by atoms with Crippen molar-refractivity contribution in [3.8, 4) is 0 Å². The van der Waals surface area contributed by atoms with Gasteiger partial charge in [-0.25, -0.2) is 17.9 Å². The fourth-order valence-corrected chi connectivity index (χ4v) is 11.7. The Morgan fingerprint density at radius 1 is 1.05 bits per heavy atom. The van der Waals surface area contributed by atoms with Crippen LogP contribution in [0.4, 0.5) is 4.79 Å². The number of hydrogen-bond donors (Lipinski definition) is 3. The summed E-state index contributed by atoms with van der Waals surface area (Å²) in [6.45, 7) is 15.6. The molecule has 0 bridgehead atoms. The second kappa shape index (κ2) is 12.2. The van der Waals surface area contributed by atoms with Crippen molar-refractivity contribution in [1.29, 1.82) is 0 Å². The summed E-state index contributed by atoms with van der Waals surface area (Å²) in [5, 5.41) is 22.5. The standard InChI is InChI=1S/C36H57NO6S/c1-8-26-30-21-24(38)14-17-36(30,7)29-15-18-35(6)27(12-13-28(35)31(29)32(26)39)22(2)16-19-43-33(40)37-44(41,42)25-11-9-10-23(20-25)34(3,4)5/h9-11,20,22,24,26-32,38-39H,8,12-19,21H2,1-7H3,(H,37,40)/t22-,24-,26-,27-,28+,29+,30+,31+,32-,35-,36-/m1/s1. The normalized spacial score (nSPS) is 39.5. The molecule has 1 aromatic carbocycles. The maximum absolute atomic E-state index is 12.9. The van der Waals surface area contributed by atoms with Gasteiger partial charge in [0.25, 0.3) is 10.0 Å². The van der Waals surface area contributed by atoms with Crippen LogP contribution in [0.25, 0.3) is 0 Å². The van der Waals surface area contributed by atoms with Gasteiger partial charge < -0.3 is 14.9 Å². The molecule has 3 N–H and O–H groups in total. The summed E-state index contributed by atoms with van der Waals surface area (Å²) in [5.74, 6) is 2.69. The highest BCUT2D eigenvalue weighted by atomic mass is 32.2. The van der Waals surface area contributed by atoms with Gasteiger partial charge in [-0.3, -0.25) is 0 Å². The maximum atomic E-state index is 12.9. The average Bonchev–Trinajstić information content (AvgIpc) is 3.30. The molecule has 1 amide bonds. The molecule has 8 heteroatoms. The Morgan fingerprint density at radius 2 is 1.73 bits per heavy atom. The van der Waals surface area contributed by atoms with E-state index in [-0.39, 0.29) is 45.9 Å². The van der Waals surface area contributed by atoms with E-state index in [1.54, 1.807) is 12.1 Å². The zero-order chi connectivity index (χ0) is 32.2. The molecule has 5 rings (SSSR count). The van der Waals surface area contributed by atoms with Crippen molar-refractivity contribution in [2.75, 3.05) is 6.61 Å². The molecule has 0 heterocycles. The van der Waals surface area contributed by atoms with Crippen molar-refractivity contribution in [3.63, 3.8) is 0 Å². The number of benzene rings is 1. The van der Waals surface area contributed by atoms with Crippen LogP contribution in [-0.4, -0.2) is 43.5 Å². The minimum absolute atomic E-state index is 0.0514. The number of carbonyl (C=O) groups is 1. The lowest BCUT2D eigenvalue weighted by Gasteiger charge is -2.64. The SMILES string of the molecule is CC[C@H]1[C@@H](O)[C@@H]2[C@H](CC[C@]3(C)[C@@H]([C@H](C)CCOC(=O)NS(=O)(=O)c4cccc(C(C)(C)C)c4)CC[C@@H]23)[C@@]2(C)CC[C@@H](O)C[C@@H]12. The largest absolute Gasteiger partial charge is 0.449 e. The summed E-state index contributed by atoms with van der Waals surface area (Å²) in [6, 6.07) is 6.67. The smallest absolute Gasteiger partial charge is 0.421 e. The molecule has 1 aromatic rings. The third-order valence-corrected chi connectivity index (χ3v) is 14.5. The molecule has 4 saturated carbocycles. The third-order valence-electron chi connectivity index (χ3n) is 13.2. The summed E-state index contributed by atoms with van der Waals surface area (Å²) in [6.07, 6.45) is 7.41. The number of aliphatic hydroxyl groups excluding tert-OH is 2. The molecule has 0 saturated heterocycles. The van der Waals surface area contributed by atoms with Gasteiger partial charge in [0, 0.05) is 0 Å². The number of aliphatic hydroxyl groups is 2. The summed E-state index contributed by atoms with van der Waals surface area (Å²) >= 11 is 0. The van der Waals surface area contributed by atoms with Crippen LogP contribution in [0.15, 0.2) is 29.2 Å². The van der Waals surface area contributed by atoms with Crippen LogP contribution in [-0.2, 0) is 20.2 Å². The summed E-state index contributed by atoms with van der Waals surface area (Å²) in [5.41, 5.74) is 0.965. The van der Waals surface area contributed by atoms with Crippen molar-refractivity contribution >= 4 is 16.1 Å². The molecule has 7 nitrogen and oxygen atoms in total. The van der Waals surface area contributed by atoms with Gasteiger partial charge in [-0.15, -0.1) is 0 Å². The number of carbonyl (C=O) groups excluding carboxylic acids is 1. The topological polar surface area (TPSA) is 113 Å². The minimum Gasteiger partial charge on any atom is -0.449 e. The first-order valence-electron chi connectivity index (χ1n) is 17.2. The van der Waals surface area contributed by atoms with Crippen LogP contribution in [0.1, 0.15) is 112 Å². The first-order chi connectivity index (χ1) is 20.5. The minimum atomic E-state index is -4.04. The van der Waals surface area contributed by atoms with Crippen molar-refractivity contribution < 1.29 is 28.2 Å². The monoisotopic (exact) mass is 631 g/mol. The van der Waals surface area contributed by atoms with E-state index in [1.165, 1.54) is 6.07 Å². The Hall–Kier alpha value is -1.64. The van der Waals surface area contributed by atoms with E-state index in [4.69, 9.17) is 4.74 Å². The van der Waals surface area contributed by atoms with Crippen molar-refractivity contribution in [1.82, 2.24) is 4.72 Å². The van der Waals surface area contributed by atoms with Crippen LogP contribution in [0.3, 0.4) is 0 Å². The molecule has 11 atom stereocenters. The number of nitrogens with one attached hydrogen (secondary N) is 1. The van der Waals surface area contributed by atoms with E-state index >= 15 is 0 Å². The Balaban J connectivity index is 1.21. The second-order valence-corrected chi connectivity index (χ2v) is 18.1. The molecule has 0 aromatic heterocycles. The zero-order valence-electron chi connectivity index (χ0n) is 28.0. The van der Waals surface area contributed by atoms with E-state index in [1.807, 2.05) is 26.8 Å². The number of fused-ring (bicyclic) bond motifs is 5. The summed E-state index contributed by atoms with van der Waals surface area (Å²) in [7, 11) is -4.04. The van der Waals surface area contributed by atoms with Gasteiger partial charge in [0.15, 0.2) is 0 Å². The van der Waals surface area contributed by atoms with Crippen molar-refractivity contribution in [3.05, 3.63) is 29.8 Å². The number of amides is 1. The number of ether oxygens (including phenoxy) is 1. The lowest BCUT2D eigenvalue weighted by molar-refractivity contribution is -0.203. The van der Waals surface area contributed by atoms with Crippen LogP contribution < -0.4 is 4.72 Å². The van der Waals surface area contributed by atoms with Crippen LogP contribution in [0.2, 0.25) is 0 Å². The lowest BCUT2D eigenvalue weighted by atomic mass is 9.41.